The lowest BCUT2D eigenvalue weighted by atomic mass is 10.0. The molecule has 1 N–H and O–H groups in total. The van der Waals surface area contributed by atoms with Crippen LogP contribution in [0.25, 0.3) is 0 Å². The van der Waals surface area contributed by atoms with Crippen molar-refractivity contribution in [2.75, 3.05) is 28.4 Å². The van der Waals surface area contributed by atoms with Gasteiger partial charge in [-0.25, -0.2) is 0 Å². The summed E-state index contributed by atoms with van der Waals surface area (Å²) in [5.74, 6) is 2.58. The molecule has 6 heteroatoms. The Morgan fingerprint density at radius 1 is 1.05 bits per heavy atom. The summed E-state index contributed by atoms with van der Waals surface area (Å²) < 4.78 is 22.4. The molecule has 0 aliphatic carbocycles. The van der Waals surface area contributed by atoms with Crippen LogP contribution in [0.2, 0.25) is 0 Å². The molecule has 0 bridgehead atoms. The predicted octanol–water partition coefficient (Wildman–Crippen LogP) is 3.38. The van der Waals surface area contributed by atoms with Gasteiger partial charge in [-0.2, -0.15) is 0 Å². The molecule has 2 aromatic rings. The highest BCUT2D eigenvalue weighted by Crippen LogP contribution is 2.40. The van der Waals surface area contributed by atoms with E-state index in [2.05, 4.69) is 21.2 Å². The van der Waals surface area contributed by atoms with Gasteiger partial charge in [-0.15, -0.1) is 0 Å². The number of methoxy groups -OCH3 is 3. The quantitative estimate of drug-likeness (QED) is 0.860. The van der Waals surface area contributed by atoms with Crippen molar-refractivity contribution >= 4 is 15.9 Å². The minimum atomic E-state index is -0.120. The molecule has 0 saturated heterocycles. The van der Waals surface area contributed by atoms with E-state index in [-0.39, 0.29) is 6.04 Å². The van der Waals surface area contributed by atoms with Crippen molar-refractivity contribution in [1.82, 2.24) is 5.32 Å². The fourth-order valence-corrected chi connectivity index (χ4v) is 2.54. The summed E-state index contributed by atoms with van der Waals surface area (Å²) in [6, 6.07) is 7.45. The van der Waals surface area contributed by atoms with Crippen molar-refractivity contribution in [3.05, 3.63) is 40.3 Å². The van der Waals surface area contributed by atoms with Gasteiger partial charge in [0.2, 0.25) is 5.75 Å². The maximum absolute atomic E-state index is 5.64. The predicted molar refractivity (Wildman–Crippen MR) is 83.4 cm³/mol. The number of benzene rings is 1. The Bertz CT molecular complexity index is 586. The van der Waals surface area contributed by atoms with Crippen LogP contribution in [0, 0.1) is 0 Å². The van der Waals surface area contributed by atoms with E-state index in [1.807, 2.05) is 31.3 Å². The molecule has 1 atom stereocenters. The summed E-state index contributed by atoms with van der Waals surface area (Å²) >= 11 is 3.32. The summed E-state index contributed by atoms with van der Waals surface area (Å²) in [7, 11) is 6.64. The summed E-state index contributed by atoms with van der Waals surface area (Å²) in [6.45, 7) is 0. The van der Waals surface area contributed by atoms with Gasteiger partial charge in [0.25, 0.3) is 0 Å². The van der Waals surface area contributed by atoms with Crippen molar-refractivity contribution in [2.24, 2.45) is 0 Å². The molecule has 0 fully saturated rings. The first-order valence-corrected chi connectivity index (χ1v) is 7.16. The zero-order valence-electron chi connectivity index (χ0n) is 12.4. The molecule has 1 aromatic carbocycles. The number of ether oxygens (including phenoxy) is 3. The molecule has 5 nitrogen and oxygen atoms in total. The van der Waals surface area contributed by atoms with Gasteiger partial charge in [0.1, 0.15) is 5.76 Å². The van der Waals surface area contributed by atoms with Gasteiger partial charge in [0.15, 0.2) is 16.2 Å². The molecule has 2 rings (SSSR count). The molecule has 0 amide bonds. The van der Waals surface area contributed by atoms with E-state index in [0.29, 0.717) is 21.9 Å². The van der Waals surface area contributed by atoms with Crippen LogP contribution >= 0.6 is 15.9 Å². The molecule has 0 aliphatic heterocycles. The molecule has 1 unspecified atom stereocenters. The minimum Gasteiger partial charge on any atom is -0.493 e. The van der Waals surface area contributed by atoms with Crippen LogP contribution in [0.15, 0.2) is 33.4 Å². The second-order valence-corrected chi connectivity index (χ2v) is 5.10. The molecule has 1 heterocycles. The van der Waals surface area contributed by atoms with Crippen molar-refractivity contribution in [1.29, 1.82) is 0 Å². The van der Waals surface area contributed by atoms with Crippen LogP contribution in [0.4, 0.5) is 0 Å². The average molecular weight is 356 g/mol. The third kappa shape index (κ3) is 3.16. The highest BCUT2D eigenvalue weighted by atomic mass is 79.9. The van der Waals surface area contributed by atoms with E-state index in [1.54, 1.807) is 21.3 Å². The van der Waals surface area contributed by atoms with Crippen molar-refractivity contribution in [2.45, 2.75) is 6.04 Å². The summed E-state index contributed by atoms with van der Waals surface area (Å²) in [5.41, 5.74) is 0.953. The van der Waals surface area contributed by atoms with E-state index in [4.69, 9.17) is 18.6 Å². The number of nitrogens with one attached hydrogen (secondary N) is 1. The molecule has 0 aliphatic rings. The molecule has 0 saturated carbocycles. The Hall–Kier alpha value is -1.66. The van der Waals surface area contributed by atoms with Crippen molar-refractivity contribution in [3.63, 3.8) is 0 Å². The van der Waals surface area contributed by atoms with E-state index >= 15 is 0 Å². The summed E-state index contributed by atoms with van der Waals surface area (Å²) in [6.07, 6.45) is 0. The zero-order chi connectivity index (χ0) is 15.4. The number of furan rings is 1. The monoisotopic (exact) mass is 355 g/mol. The Morgan fingerprint density at radius 2 is 1.67 bits per heavy atom. The second kappa shape index (κ2) is 6.87. The number of halogens is 1. The smallest absolute Gasteiger partial charge is 0.203 e. The molecular formula is C15H18BrNO4. The number of rotatable bonds is 6. The Morgan fingerprint density at radius 3 is 2.05 bits per heavy atom. The van der Waals surface area contributed by atoms with E-state index < -0.39 is 0 Å². The van der Waals surface area contributed by atoms with Crippen LogP contribution < -0.4 is 19.5 Å². The maximum atomic E-state index is 5.64. The molecule has 1 aromatic heterocycles. The number of hydrogen-bond donors (Lipinski definition) is 1. The third-order valence-electron chi connectivity index (χ3n) is 3.19. The SMILES string of the molecule is CNC(c1cc(OC)c(OC)c(OC)c1)c1ccc(Br)o1. The van der Waals surface area contributed by atoms with Gasteiger partial charge in [-0.05, 0) is 52.8 Å². The number of hydrogen-bond acceptors (Lipinski definition) is 5. The van der Waals surface area contributed by atoms with Crippen LogP contribution in [0.5, 0.6) is 17.2 Å². The van der Waals surface area contributed by atoms with Gasteiger partial charge in [0.05, 0.1) is 27.4 Å². The molecular weight excluding hydrogens is 338 g/mol. The lowest BCUT2D eigenvalue weighted by Gasteiger charge is -2.18. The second-order valence-electron chi connectivity index (χ2n) is 4.32. The highest BCUT2D eigenvalue weighted by molar-refractivity contribution is 9.10. The third-order valence-corrected chi connectivity index (χ3v) is 3.61. The van der Waals surface area contributed by atoms with E-state index in [1.165, 1.54) is 0 Å². The summed E-state index contributed by atoms with van der Waals surface area (Å²) in [5, 5.41) is 3.22. The van der Waals surface area contributed by atoms with Gasteiger partial charge in [-0.1, -0.05) is 0 Å². The molecule has 0 spiro atoms. The van der Waals surface area contributed by atoms with Crippen molar-refractivity contribution < 1.29 is 18.6 Å². The molecule has 114 valence electrons. The van der Waals surface area contributed by atoms with Gasteiger partial charge in [0, 0.05) is 0 Å². The fraction of sp³-hybridized carbons (Fsp3) is 0.333. The lowest BCUT2D eigenvalue weighted by Crippen LogP contribution is -2.17. The Kier molecular flexibility index (Phi) is 5.14. The molecule has 21 heavy (non-hydrogen) atoms. The van der Waals surface area contributed by atoms with Gasteiger partial charge >= 0.3 is 0 Å². The lowest BCUT2D eigenvalue weighted by molar-refractivity contribution is 0.323. The maximum Gasteiger partial charge on any atom is 0.203 e. The highest BCUT2D eigenvalue weighted by Gasteiger charge is 2.21. The fourth-order valence-electron chi connectivity index (χ4n) is 2.22. The first kappa shape index (κ1) is 15.7. The first-order valence-electron chi connectivity index (χ1n) is 6.37. The normalized spacial score (nSPS) is 12.0. The van der Waals surface area contributed by atoms with Crippen LogP contribution in [0.1, 0.15) is 17.4 Å². The van der Waals surface area contributed by atoms with Gasteiger partial charge in [-0.3, -0.25) is 0 Å². The van der Waals surface area contributed by atoms with Crippen LogP contribution in [-0.2, 0) is 0 Å². The Labute approximate surface area is 132 Å². The topological polar surface area (TPSA) is 52.9 Å². The standard InChI is InChI=1S/C15H18BrNO4/c1-17-14(10-5-6-13(16)21-10)9-7-11(18-2)15(20-4)12(8-9)19-3/h5-8,14,17H,1-4H3. The summed E-state index contributed by atoms with van der Waals surface area (Å²) in [4.78, 5) is 0. The molecule has 0 radical (unpaired) electrons. The van der Waals surface area contributed by atoms with Crippen LogP contribution in [-0.4, -0.2) is 28.4 Å². The largest absolute Gasteiger partial charge is 0.493 e. The van der Waals surface area contributed by atoms with Crippen LogP contribution in [0.3, 0.4) is 0 Å². The van der Waals surface area contributed by atoms with E-state index in [0.717, 1.165) is 11.3 Å². The minimum absolute atomic E-state index is 0.120. The van der Waals surface area contributed by atoms with Crippen molar-refractivity contribution in [3.8, 4) is 17.2 Å². The Balaban J connectivity index is 2.51. The van der Waals surface area contributed by atoms with E-state index in [9.17, 15) is 0 Å². The zero-order valence-corrected chi connectivity index (χ0v) is 14.0. The van der Waals surface area contributed by atoms with Gasteiger partial charge < -0.3 is 23.9 Å². The average Bonchev–Trinajstić information content (AvgIpc) is 2.93. The first-order chi connectivity index (χ1) is 10.1.